The fourth-order valence-corrected chi connectivity index (χ4v) is 1.75. The molecule has 0 unspecified atom stereocenters. The summed E-state index contributed by atoms with van der Waals surface area (Å²) in [4.78, 5) is 23.4. The highest BCUT2D eigenvalue weighted by molar-refractivity contribution is 5.91. The molecule has 2 rings (SSSR count). The maximum Gasteiger partial charge on any atom is 0.341 e. The van der Waals surface area contributed by atoms with Crippen LogP contribution in [0.5, 0.6) is 0 Å². The number of esters is 1. The van der Waals surface area contributed by atoms with Crippen molar-refractivity contribution in [3.8, 4) is 0 Å². The minimum absolute atomic E-state index is 0.0350. The summed E-state index contributed by atoms with van der Waals surface area (Å²) in [6.07, 6.45) is 2.88. The van der Waals surface area contributed by atoms with Crippen LogP contribution in [0.4, 0.5) is 5.69 Å². The number of nitrogens with one attached hydrogen (secondary N) is 1. The number of carbonyl (C=O) groups is 2. The summed E-state index contributed by atoms with van der Waals surface area (Å²) in [6.45, 7) is 4.05. The second kappa shape index (κ2) is 6.69. The Morgan fingerprint density at radius 2 is 2.00 bits per heavy atom. The van der Waals surface area contributed by atoms with Crippen LogP contribution >= 0.6 is 0 Å². The second-order valence-electron chi connectivity index (χ2n) is 4.56. The number of anilines is 1. The Kier molecular flexibility index (Phi) is 4.71. The summed E-state index contributed by atoms with van der Waals surface area (Å²) in [5.74, 6) is -0.653. The number of benzene rings is 1. The van der Waals surface area contributed by atoms with Crippen LogP contribution in [0.15, 0.2) is 36.7 Å². The maximum atomic E-state index is 11.9. The molecular weight excluding hydrogens is 270 g/mol. The molecule has 0 saturated carbocycles. The molecule has 0 spiro atoms. The van der Waals surface area contributed by atoms with E-state index in [0.29, 0.717) is 12.2 Å². The first-order valence-electron chi connectivity index (χ1n) is 6.64. The van der Waals surface area contributed by atoms with Crippen LogP contribution in [0.25, 0.3) is 0 Å². The zero-order valence-corrected chi connectivity index (χ0v) is 12.0. The molecule has 21 heavy (non-hydrogen) atoms. The van der Waals surface area contributed by atoms with E-state index in [1.54, 1.807) is 6.92 Å². The normalized spacial score (nSPS) is 10.2. The second-order valence-corrected chi connectivity index (χ2v) is 4.56. The zero-order chi connectivity index (χ0) is 15.2. The minimum atomic E-state index is -0.442. The van der Waals surface area contributed by atoms with Crippen molar-refractivity contribution in [2.45, 2.75) is 20.4 Å². The molecule has 0 aliphatic carbocycles. The first kappa shape index (κ1) is 14.8. The van der Waals surface area contributed by atoms with Gasteiger partial charge in [-0.1, -0.05) is 17.7 Å². The number of rotatable bonds is 5. The molecule has 0 saturated heterocycles. The lowest BCUT2D eigenvalue weighted by atomic mass is 10.2. The van der Waals surface area contributed by atoms with Crippen molar-refractivity contribution in [1.29, 1.82) is 0 Å². The van der Waals surface area contributed by atoms with Gasteiger partial charge in [0.2, 0.25) is 5.91 Å². The lowest BCUT2D eigenvalue weighted by Crippen LogP contribution is -2.19. The van der Waals surface area contributed by atoms with Gasteiger partial charge in [-0.2, -0.15) is 5.10 Å². The molecule has 0 atom stereocenters. The predicted molar refractivity (Wildman–Crippen MR) is 78.0 cm³/mol. The van der Waals surface area contributed by atoms with Crippen LogP contribution in [0.1, 0.15) is 22.8 Å². The average molecular weight is 287 g/mol. The molecule has 0 radical (unpaired) electrons. The molecule has 1 heterocycles. The number of aryl methyl sites for hydroxylation is 1. The van der Waals surface area contributed by atoms with Gasteiger partial charge in [0.05, 0.1) is 18.4 Å². The lowest BCUT2D eigenvalue weighted by molar-refractivity contribution is -0.116. The highest BCUT2D eigenvalue weighted by Gasteiger charge is 2.11. The van der Waals surface area contributed by atoms with Gasteiger partial charge in [0.25, 0.3) is 0 Å². The van der Waals surface area contributed by atoms with E-state index < -0.39 is 5.97 Å². The SMILES string of the molecule is CCOC(=O)c1cnn(CC(=O)Nc2ccc(C)cc2)c1. The number of aromatic nitrogens is 2. The average Bonchev–Trinajstić information content (AvgIpc) is 2.90. The van der Waals surface area contributed by atoms with Gasteiger partial charge in [-0.3, -0.25) is 9.48 Å². The largest absolute Gasteiger partial charge is 0.462 e. The predicted octanol–water partition coefficient (Wildman–Crippen LogP) is 2.01. The van der Waals surface area contributed by atoms with Gasteiger partial charge in [-0.05, 0) is 26.0 Å². The number of carbonyl (C=O) groups excluding carboxylic acids is 2. The topological polar surface area (TPSA) is 73.2 Å². The third kappa shape index (κ3) is 4.17. The Balaban J connectivity index is 1.93. The summed E-state index contributed by atoms with van der Waals surface area (Å²) in [7, 11) is 0. The van der Waals surface area contributed by atoms with Crippen molar-refractivity contribution in [3.63, 3.8) is 0 Å². The molecule has 0 bridgehead atoms. The molecule has 2 aromatic rings. The molecule has 0 aliphatic rings. The minimum Gasteiger partial charge on any atom is -0.462 e. The summed E-state index contributed by atoms with van der Waals surface area (Å²) in [5, 5.41) is 6.74. The number of nitrogens with zero attached hydrogens (tertiary/aromatic N) is 2. The van der Waals surface area contributed by atoms with E-state index in [1.165, 1.54) is 17.1 Å². The quantitative estimate of drug-likeness (QED) is 0.854. The Morgan fingerprint density at radius 1 is 1.29 bits per heavy atom. The highest BCUT2D eigenvalue weighted by atomic mass is 16.5. The molecule has 0 fully saturated rings. The van der Waals surface area contributed by atoms with E-state index in [9.17, 15) is 9.59 Å². The van der Waals surface area contributed by atoms with E-state index in [2.05, 4.69) is 10.4 Å². The van der Waals surface area contributed by atoms with Crippen LogP contribution in [-0.4, -0.2) is 28.3 Å². The van der Waals surface area contributed by atoms with Gasteiger partial charge in [0, 0.05) is 11.9 Å². The lowest BCUT2D eigenvalue weighted by Gasteiger charge is -2.05. The van der Waals surface area contributed by atoms with Crippen molar-refractivity contribution >= 4 is 17.6 Å². The summed E-state index contributed by atoms with van der Waals surface area (Å²) in [6, 6.07) is 7.51. The molecule has 0 aliphatic heterocycles. The maximum absolute atomic E-state index is 11.9. The summed E-state index contributed by atoms with van der Waals surface area (Å²) < 4.78 is 6.26. The Labute approximate surface area is 122 Å². The smallest absolute Gasteiger partial charge is 0.341 e. The fourth-order valence-electron chi connectivity index (χ4n) is 1.75. The van der Waals surface area contributed by atoms with Gasteiger partial charge >= 0.3 is 5.97 Å². The molecular formula is C15H17N3O3. The first-order valence-corrected chi connectivity index (χ1v) is 6.64. The van der Waals surface area contributed by atoms with Gasteiger partial charge < -0.3 is 10.1 Å². The summed E-state index contributed by atoms with van der Waals surface area (Å²) >= 11 is 0. The van der Waals surface area contributed by atoms with Crippen molar-refractivity contribution in [1.82, 2.24) is 9.78 Å². The molecule has 6 nitrogen and oxygen atoms in total. The highest BCUT2D eigenvalue weighted by Crippen LogP contribution is 2.08. The number of amides is 1. The third-order valence-corrected chi connectivity index (χ3v) is 2.79. The number of hydrogen-bond donors (Lipinski definition) is 1. The van der Waals surface area contributed by atoms with E-state index in [-0.39, 0.29) is 12.5 Å². The van der Waals surface area contributed by atoms with Gasteiger partial charge in [-0.25, -0.2) is 4.79 Å². The van der Waals surface area contributed by atoms with Crippen molar-refractivity contribution in [2.24, 2.45) is 0 Å². The van der Waals surface area contributed by atoms with Gasteiger partial charge in [-0.15, -0.1) is 0 Å². The van der Waals surface area contributed by atoms with Crippen LogP contribution in [-0.2, 0) is 16.1 Å². The van der Waals surface area contributed by atoms with Crippen molar-refractivity contribution in [3.05, 3.63) is 47.8 Å². The van der Waals surface area contributed by atoms with Crippen LogP contribution in [0, 0.1) is 6.92 Å². The van der Waals surface area contributed by atoms with E-state index in [1.807, 2.05) is 31.2 Å². The van der Waals surface area contributed by atoms with Crippen LogP contribution in [0.2, 0.25) is 0 Å². The molecule has 6 heteroatoms. The fraction of sp³-hybridized carbons (Fsp3) is 0.267. The molecule has 1 amide bonds. The number of ether oxygens (including phenoxy) is 1. The van der Waals surface area contributed by atoms with Crippen LogP contribution in [0.3, 0.4) is 0 Å². The Morgan fingerprint density at radius 3 is 2.67 bits per heavy atom. The monoisotopic (exact) mass is 287 g/mol. The molecule has 1 N–H and O–H groups in total. The van der Waals surface area contributed by atoms with Crippen molar-refractivity contribution in [2.75, 3.05) is 11.9 Å². The molecule has 110 valence electrons. The summed E-state index contributed by atoms with van der Waals surface area (Å²) in [5.41, 5.74) is 2.18. The van der Waals surface area contributed by atoms with E-state index >= 15 is 0 Å². The standard InChI is InChI=1S/C15H17N3O3/c1-3-21-15(20)12-8-16-18(9-12)10-14(19)17-13-6-4-11(2)5-7-13/h4-9H,3,10H2,1-2H3,(H,17,19). The third-order valence-electron chi connectivity index (χ3n) is 2.79. The number of hydrogen-bond acceptors (Lipinski definition) is 4. The Hall–Kier alpha value is -2.63. The van der Waals surface area contributed by atoms with Gasteiger partial charge in [0.15, 0.2) is 0 Å². The van der Waals surface area contributed by atoms with E-state index in [4.69, 9.17) is 4.74 Å². The molecule has 1 aromatic carbocycles. The van der Waals surface area contributed by atoms with Crippen LogP contribution < -0.4 is 5.32 Å². The van der Waals surface area contributed by atoms with E-state index in [0.717, 1.165) is 11.3 Å². The molecule has 1 aromatic heterocycles. The first-order chi connectivity index (χ1) is 10.1. The Bertz CT molecular complexity index is 632. The van der Waals surface area contributed by atoms with Crippen molar-refractivity contribution < 1.29 is 14.3 Å². The van der Waals surface area contributed by atoms with Gasteiger partial charge in [0.1, 0.15) is 6.54 Å². The zero-order valence-electron chi connectivity index (χ0n) is 12.0.